The molecule has 2 heterocycles. The maximum Gasteiger partial charge on any atom is 0.0166 e. The van der Waals surface area contributed by atoms with Gasteiger partial charge in [0, 0.05) is 13.1 Å². The Kier molecular flexibility index (Phi) is 4.00. The van der Waals surface area contributed by atoms with E-state index >= 15 is 0 Å². The van der Waals surface area contributed by atoms with E-state index in [1.807, 2.05) is 0 Å². The lowest BCUT2D eigenvalue weighted by Gasteiger charge is -2.33. The first-order chi connectivity index (χ1) is 9.36. The third-order valence-electron chi connectivity index (χ3n) is 4.66. The lowest BCUT2D eigenvalue weighted by molar-refractivity contribution is 0.202. The Labute approximate surface area is 116 Å². The van der Waals surface area contributed by atoms with Gasteiger partial charge in [-0.3, -0.25) is 4.90 Å². The molecule has 0 unspecified atom stereocenters. The Bertz CT molecular complexity index is 418. The number of rotatable bonds is 3. The van der Waals surface area contributed by atoms with E-state index < -0.39 is 0 Å². The number of likely N-dealkylation sites (tertiary alicyclic amines) is 1. The third-order valence-corrected chi connectivity index (χ3v) is 4.66. The second-order valence-corrected chi connectivity index (χ2v) is 6.05. The largest absolute Gasteiger partial charge is 0.317 e. The number of hydrogen-bond donors (Lipinski definition) is 1. The molecule has 1 aromatic rings. The average molecular weight is 256 g/mol. The highest BCUT2D eigenvalue weighted by Crippen LogP contribution is 2.38. The molecule has 102 valence electrons. The fraction of sp³-hybridized carbons (Fsp3) is 0.529. The lowest BCUT2D eigenvalue weighted by atomic mass is 9.78. The van der Waals surface area contributed by atoms with Crippen molar-refractivity contribution < 1.29 is 0 Å². The highest BCUT2D eigenvalue weighted by atomic mass is 15.2. The summed E-state index contributed by atoms with van der Waals surface area (Å²) in [5, 5.41) is 3.48. The van der Waals surface area contributed by atoms with Crippen LogP contribution in [0.4, 0.5) is 0 Å². The molecular weight excluding hydrogens is 232 g/mol. The van der Waals surface area contributed by atoms with Gasteiger partial charge in [0.1, 0.15) is 0 Å². The van der Waals surface area contributed by atoms with Crippen molar-refractivity contribution in [3.63, 3.8) is 0 Å². The maximum absolute atomic E-state index is 3.48. The van der Waals surface area contributed by atoms with E-state index in [0.717, 1.165) is 6.54 Å². The highest BCUT2D eigenvalue weighted by molar-refractivity contribution is 5.48. The van der Waals surface area contributed by atoms with E-state index in [2.05, 4.69) is 52.7 Å². The Balaban J connectivity index is 1.51. The fourth-order valence-corrected chi connectivity index (χ4v) is 3.45. The SMILES string of the molecule is C(=C\c1ccccc1)/CN1CCC2(CCNCC2)C1. The summed E-state index contributed by atoms with van der Waals surface area (Å²) in [5.41, 5.74) is 1.93. The molecule has 3 rings (SSSR count). The first-order valence-corrected chi connectivity index (χ1v) is 7.51. The smallest absolute Gasteiger partial charge is 0.0166 e. The van der Waals surface area contributed by atoms with Crippen LogP contribution in [-0.2, 0) is 0 Å². The Morgan fingerprint density at radius 3 is 2.68 bits per heavy atom. The molecule has 1 N–H and O–H groups in total. The van der Waals surface area contributed by atoms with Crippen LogP contribution >= 0.6 is 0 Å². The molecule has 1 aromatic carbocycles. The molecule has 0 aromatic heterocycles. The Morgan fingerprint density at radius 1 is 1.11 bits per heavy atom. The summed E-state index contributed by atoms with van der Waals surface area (Å²) in [4.78, 5) is 2.62. The Morgan fingerprint density at radius 2 is 1.89 bits per heavy atom. The lowest BCUT2D eigenvalue weighted by Crippen LogP contribution is -2.38. The molecule has 0 atom stereocenters. The average Bonchev–Trinajstić information content (AvgIpc) is 2.84. The van der Waals surface area contributed by atoms with Crippen LogP contribution in [0.5, 0.6) is 0 Å². The van der Waals surface area contributed by atoms with Crippen molar-refractivity contribution in [2.75, 3.05) is 32.7 Å². The fourth-order valence-electron chi connectivity index (χ4n) is 3.45. The van der Waals surface area contributed by atoms with Crippen molar-refractivity contribution in [1.82, 2.24) is 10.2 Å². The first kappa shape index (κ1) is 12.9. The molecule has 2 aliphatic rings. The van der Waals surface area contributed by atoms with Crippen LogP contribution in [0.3, 0.4) is 0 Å². The summed E-state index contributed by atoms with van der Waals surface area (Å²) in [6.45, 7) is 6.11. The van der Waals surface area contributed by atoms with E-state index in [4.69, 9.17) is 0 Å². The third kappa shape index (κ3) is 3.26. The summed E-state index contributed by atoms with van der Waals surface area (Å²) < 4.78 is 0. The molecule has 0 amide bonds. The number of benzene rings is 1. The zero-order valence-electron chi connectivity index (χ0n) is 11.6. The first-order valence-electron chi connectivity index (χ1n) is 7.51. The van der Waals surface area contributed by atoms with Crippen LogP contribution in [-0.4, -0.2) is 37.6 Å². The van der Waals surface area contributed by atoms with Gasteiger partial charge in [-0.2, -0.15) is 0 Å². The molecule has 0 aliphatic carbocycles. The van der Waals surface area contributed by atoms with Crippen molar-refractivity contribution in [1.29, 1.82) is 0 Å². The van der Waals surface area contributed by atoms with Gasteiger partial charge in [0.25, 0.3) is 0 Å². The molecule has 2 nitrogen and oxygen atoms in total. The molecule has 2 heteroatoms. The Hall–Kier alpha value is -1.12. The van der Waals surface area contributed by atoms with Crippen LogP contribution in [0, 0.1) is 5.41 Å². The second-order valence-electron chi connectivity index (χ2n) is 6.05. The minimum absolute atomic E-state index is 0.631. The molecule has 1 spiro atoms. The minimum Gasteiger partial charge on any atom is -0.317 e. The van der Waals surface area contributed by atoms with Crippen LogP contribution in [0.15, 0.2) is 36.4 Å². The minimum atomic E-state index is 0.631. The van der Waals surface area contributed by atoms with Gasteiger partial charge in [0.15, 0.2) is 0 Å². The van der Waals surface area contributed by atoms with Gasteiger partial charge in [0.05, 0.1) is 0 Å². The molecule has 2 fully saturated rings. The van der Waals surface area contributed by atoms with Gasteiger partial charge < -0.3 is 5.32 Å². The molecule has 19 heavy (non-hydrogen) atoms. The van der Waals surface area contributed by atoms with Gasteiger partial charge in [-0.25, -0.2) is 0 Å². The normalized spacial score (nSPS) is 23.4. The van der Waals surface area contributed by atoms with Gasteiger partial charge in [0.2, 0.25) is 0 Å². The van der Waals surface area contributed by atoms with Crippen molar-refractivity contribution in [2.45, 2.75) is 19.3 Å². The summed E-state index contributed by atoms with van der Waals surface area (Å²) in [6.07, 6.45) is 8.69. The second kappa shape index (κ2) is 5.89. The highest BCUT2D eigenvalue weighted by Gasteiger charge is 2.38. The molecule has 2 aliphatic heterocycles. The number of nitrogens with one attached hydrogen (secondary N) is 1. The number of nitrogens with zero attached hydrogens (tertiary/aromatic N) is 1. The zero-order valence-corrected chi connectivity index (χ0v) is 11.6. The number of piperidine rings is 1. The van der Waals surface area contributed by atoms with Crippen LogP contribution in [0.2, 0.25) is 0 Å². The van der Waals surface area contributed by atoms with Crippen molar-refractivity contribution >= 4 is 6.08 Å². The van der Waals surface area contributed by atoms with E-state index in [-0.39, 0.29) is 0 Å². The standard InChI is InChI=1S/C17H24N2/c1-2-5-16(6-3-1)7-4-13-19-14-10-17(15-19)8-11-18-12-9-17/h1-7,18H,8-15H2/b7-4+. The summed E-state index contributed by atoms with van der Waals surface area (Å²) in [5.74, 6) is 0. The van der Waals surface area contributed by atoms with Crippen molar-refractivity contribution in [3.05, 3.63) is 42.0 Å². The monoisotopic (exact) mass is 256 g/mol. The summed E-state index contributed by atoms with van der Waals surface area (Å²) in [7, 11) is 0. The van der Waals surface area contributed by atoms with Gasteiger partial charge >= 0.3 is 0 Å². The van der Waals surface area contributed by atoms with Crippen molar-refractivity contribution in [3.8, 4) is 0 Å². The maximum atomic E-state index is 3.48. The predicted octanol–water partition coefficient (Wildman–Crippen LogP) is 2.78. The quantitative estimate of drug-likeness (QED) is 0.894. The number of hydrogen-bond acceptors (Lipinski definition) is 2. The van der Waals surface area contributed by atoms with E-state index in [0.29, 0.717) is 5.41 Å². The molecular formula is C17H24N2. The van der Waals surface area contributed by atoms with Gasteiger partial charge in [-0.15, -0.1) is 0 Å². The van der Waals surface area contributed by atoms with Gasteiger partial charge in [-0.05, 0) is 49.9 Å². The summed E-state index contributed by atoms with van der Waals surface area (Å²) in [6, 6.07) is 10.6. The molecule has 0 saturated carbocycles. The predicted molar refractivity (Wildman–Crippen MR) is 81.1 cm³/mol. The zero-order chi connectivity index (χ0) is 13.0. The van der Waals surface area contributed by atoms with Crippen LogP contribution in [0.1, 0.15) is 24.8 Å². The van der Waals surface area contributed by atoms with E-state index in [1.165, 1.54) is 51.0 Å². The summed E-state index contributed by atoms with van der Waals surface area (Å²) >= 11 is 0. The molecule has 2 saturated heterocycles. The van der Waals surface area contributed by atoms with Crippen molar-refractivity contribution in [2.24, 2.45) is 5.41 Å². The van der Waals surface area contributed by atoms with Crippen LogP contribution < -0.4 is 5.32 Å². The molecule has 0 bridgehead atoms. The van der Waals surface area contributed by atoms with E-state index in [9.17, 15) is 0 Å². The van der Waals surface area contributed by atoms with Crippen LogP contribution in [0.25, 0.3) is 6.08 Å². The molecule has 0 radical (unpaired) electrons. The van der Waals surface area contributed by atoms with Gasteiger partial charge in [-0.1, -0.05) is 42.5 Å². The topological polar surface area (TPSA) is 15.3 Å². The van der Waals surface area contributed by atoms with E-state index in [1.54, 1.807) is 0 Å².